The van der Waals surface area contributed by atoms with Gasteiger partial charge in [-0.3, -0.25) is 4.79 Å². The van der Waals surface area contributed by atoms with E-state index in [-0.39, 0.29) is 11.9 Å². The molecule has 112 valence electrons. The number of aromatic nitrogens is 1. The van der Waals surface area contributed by atoms with Crippen molar-refractivity contribution in [1.82, 2.24) is 10.3 Å². The van der Waals surface area contributed by atoms with Gasteiger partial charge in [-0.05, 0) is 24.6 Å². The second-order valence-corrected chi connectivity index (χ2v) is 5.62. The van der Waals surface area contributed by atoms with Crippen molar-refractivity contribution in [3.63, 3.8) is 0 Å². The summed E-state index contributed by atoms with van der Waals surface area (Å²) in [6.07, 6.45) is 2.86. The minimum atomic E-state index is -0.118. The molecule has 4 rings (SSSR count). The summed E-state index contributed by atoms with van der Waals surface area (Å²) in [6, 6.07) is 11.4. The van der Waals surface area contributed by atoms with Crippen LogP contribution < -0.4 is 15.0 Å². The minimum absolute atomic E-state index is 0.0984. The molecule has 2 aliphatic heterocycles. The predicted molar refractivity (Wildman–Crippen MR) is 83.2 cm³/mol. The van der Waals surface area contributed by atoms with Crippen LogP contribution in [-0.2, 0) is 0 Å². The highest BCUT2D eigenvalue weighted by molar-refractivity contribution is 5.94. The number of carbonyl (C=O) groups excluding carboxylic acids is 1. The second-order valence-electron chi connectivity index (χ2n) is 5.62. The Kier molecular flexibility index (Phi) is 3.18. The van der Waals surface area contributed by atoms with Crippen LogP contribution in [0.25, 0.3) is 0 Å². The van der Waals surface area contributed by atoms with E-state index in [0.717, 1.165) is 30.2 Å². The van der Waals surface area contributed by atoms with Crippen LogP contribution >= 0.6 is 0 Å². The lowest BCUT2D eigenvalue weighted by molar-refractivity contribution is 0.0930. The van der Waals surface area contributed by atoms with Gasteiger partial charge in [-0.15, -0.1) is 0 Å². The zero-order valence-corrected chi connectivity index (χ0v) is 12.2. The molecule has 5 heteroatoms. The number of hydrogen-bond donors (Lipinski definition) is 1. The summed E-state index contributed by atoms with van der Waals surface area (Å²) in [5, 5.41) is 3.01. The number of rotatable bonds is 3. The third-order valence-electron chi connectivity index (χ3n) is 4.20. The lowest BCUT2D eigenvalue weighted by atomic mass is 10.1. The van der Waals surface area contributed by atoms with Gasteiger partial charge < -0.3 is 15.0 Å². The first kappa shape index (κ1) is 13.1. The quantitative estimate of drug-likeness (QED) is 0.943. The standard InChI is InChI=1S/C17H17N3O2/c21-17(12-6-7-16(18-10-12)20-8-3-9-20)19-14-11-22-15-5-2-1-4-13(14)15/h1-2,4-7,10,14H,3,8-9,11H2,(H,19,21)/t14-/m1/s1. The van der Waals surface area contributed by atoms with Gasteiger partial charge in [0.1, 0.15) is 18.2 Å². The number of anilines is 1. The highest BCUT2D eigenvalue weighted by Crippen LogP contribution is 2.31. The third-order valence-corrected chi connectivity index (χ3v) is 4.20. The number of benzene rings is 1. The molecule has 3 heterocycles. The van der Waals surface area contributed by atoms with E-state index in [0.29, 0.717) is 12.2 Å². The van der Waals surface area contributed by atoms with Crippen molar-refractivity contribution in [3.05, 3.63) is 53.7 Å². The van der Waals surface area contributed by atoms with Crippen molar-refractivity contribution < 1.29 is 9.53 Å². The minimum Gasteiger partial charge on any atom is -0.491 e. The number of fused-ring (bicyclic) bond motifs is 1. The van der Waals surface area contributed by atoms with E-state index in [1.54, 1.807) is 6.20 Å². The molecule has 0 spiro atoms. The van der Waals surface area contributed by atoms with Gasteiger partial charge in [0.2, 0.25) is 0 Å². The Bertz CT molecular complexity index is 695. The molecule has 2 aromatic rings. The van der Waals surface area contributed by atoms with Gasteiger partial charge in [0, 0.05) is 24.8 Å². The Balaban J connectivity index is 1.46. The predicted octanol–water partition coefficient (Wildman–Crippen LogP) is 2.16. The molecule has 0 radical (unpaired) electrons. The maximum absolute atomic E-state index is 12.4. The van der Waals surface area contributed by atoms with Crippen molar-refractivity contribution >= 4 is 11.7 Å². The molecule has 1 N–H and O–H groups in total. The molecule has 22 heavy (non-hydrogen) atoms. The summed E-state index contributed by atoms with van der Waals surface area (Å²) in [7, 11) is 0. The van der Waals surface area contributed by atoms with E-state index in [9.17, 15) is 4.79 Å². The molecule has 1 aromatic carbocycles. The van der Waals surface area contributed by atoms with Crippen LogP contribution in [0.2, 0.25) is 0 Å². The first-order valence-electron chi connectivity index (χ1n) is 7.55. The molecule has 0 bridgehead atoms. The van der Waals surface area contributed by atoms with Crippen molar-refractivity contribution in [2.24, 2.45) is 0 Å². The summed E-state index contributed by atoms with van der Waals surface area (Å²) in [5.74, 6) is 1.67. The molecule has 1 amide bonds. The van der Waals surface area contributed by atoms with Crippen molar-refractivity contribution in [2.75, 3.05) is 24.6 Å². The summed E-state index contributed by atoms with van der Waals surface area (Å²) in [5.41, 5.74) is 1.61. The van der Waals surface area contributed by atoms with Gasteiger partial charge in [-0.1, -0.05) is 18.2 Å². The fourth-order valence-electron chi connectivity index (χ4n) is 2.78. The van der Waals surface area contributed by atoms with Crippen molar-refractivity contribution in [1.29, 1.82) is 0 Å². The van der Waals surface area contributed by atoms with E-state index < -0.39 is 0 Å². The molecule has 2 aliphatic rings. The van der Waals surface area contributed by atoms with Crippen LogP contribution in [0.4, 0.5) is 5.82 Å². The Morgan fingerprint density at radius 2 is 2.09 bits per heavy atom. The largest absolute Gasteiger partial charge is 0.491 e. The molecule has 1 saturated heterocycles. The normalized spacial score (nSPS) is 19.1. The Morgan fingerprint density at radius 1 is 1.23 bits per heavy atom. The Labute approximate surface area is 128 Å². The average Bonchev–Trinajstić information content (AvgIpc) is 2.90. The average molecular weight is 295 g/mol. The van der Waals surface area contributed by atoms with Crippen LogP contribution in [-0.4, -0.2) is 30.6 Å². The zero-order chi connectivity index (χ0) is 14.9. The molecule has 1 fully saturated rings. The maximum Gasteiger partial charge on any atom is 0.253 e. The lowest BCUT2D eigenvalue weighted by Crippen LogP contribution is -2.37. The van der Waals surface area contributed by atoms with Crippen LogP contribution in [0, 0.1) is 0 Å². The number of hydrogen-bond acceptors (Lipinski definition) is 4. The first-order valence-corrected chi connectivity index (χ1v) is 7.55. The molecule has 5 nitrogen and oxygen atoms in total. The van der Waals surface area contributed by atoms with E-state index in [1.165, 1.54) is 6.42 Å². The number of ether oxygens (including phenoxy) is 1. The molecular formula is C17H17N3O2. The fraction of sp³-hybridized carbons (Fsp3) is 0.294. The molecule has 1 aromatic heterocycles. The second kappa shape index (κ2) is 5.33. The SMILES string of the molecule is O=C(N[C@@H]1COc2ccccc21)c1ccc(N2CCC2)nc1. The van der Waals surface area contributed by atoms with Gasteiger partial charge in [0.15, 0.2) is 0 Å². The number of para-hydroxylation sites is 1. The van der Waals surface area contributed by atoms with Gasteiger partial charge in [-0.25, -0.2) is 4.98 Å². The molecule has 1 atom stereocenters. The van der Waals surface area contributed by atoms with Gasteiger partial charge in [-0.2, -0.15) is 0 Å². The number of amides is 1. The number of pyridine rings is 1. The van der Waals surface area contributed by atoms with E-state index in [4.69, 9.17) is 4.74 Å². The van der Waals surface area contributed by atoms with E-state index >= 15 is 0 Å². The maximum atomic E-state index is 12.4. The highest BCUT2D eigenvalue weighted by atomic mass is 16.5. The third kappa shape index (κ3) is 2.28. The summed E-state index contributed by atoms with van der Waals surface area (Å²) < 4.78 is 5.58. The highest BCUT2D eigenvalue weighted by Gasteiger charge is 2.25. The topological polar surface area (TPSA) is 54.5 Å². The molecular weight excluding hydrogens is 278 g/mol. The van der Waals surface area contributed by atoms with Gasteiger partial charge in [0.05, 0.1) is 11.6 Å². The summed E-state index contributed by atoms with van der Waals surface area (Å²) in [6.45, 7) is 2.58. The van der Waals surface area contributed by atoms with E-state index in [2.05, 4.69) is 15.2 Å². The first-order chi connectivity index (χ1) is 10.8. The van der Waals surface area contributed by atoms with Crippen molar-refractivity contribution in [3.8, 4) is 5.75 Å². The van der Waals surface area contributed by atoms with Gasteiger partial charge in [0.25, 0.3) is 5.91 Å². The Morgan fingerprint density at radius 3 is 2.82 bits per heavy atom. The van der Waals surface area contributed by atoms with Crippen LogP contribution in [0.5, 0.6) is 5.75 Å². The van der Waals surface area contributed by atoms with Crippen LogP contribution in [0.3, 0.4) is 0 Å². The van der Waals surface area contributed by atoms with Crippen LogP contribution in [0.1, 0.15) is 28.4 Å². The number of carbonyl (C=O) groups is 1. The van der Waals surface area contributed by atoms with Crippen molar-refractivity contribution in [2.45, 2.75) is 12.5 Å². The zero-order valence-electron chi connectivity index (χ0n) is 12.2. The fourth-order valence-corrected chi connectivity index (χ4v) is 2.78. The van der Waals surface area contributed by atoms with E-state index in [1.807, 2.05) is 36.4 Å². The lowest BCUT2D eigenvalue weighted by Gasteiger charge is -2.31. The monoisotopic (exact) mass is 295 g/mol. The number of nitrogens with zero attached hydrogens (tertiary/aromatic N) is 2. The van der Waals surface area contributed by atoms with Crippen LogP contribution in [0.15, 0.2) is 42.6 Å². The number of nitrogens with one attached hydrogen (secondary N) is 1. The molecule has 0 saturated carbocycles. The molecule has 0 unspecified atom stereocenters. The Hall–Kier alpha value is -2.56. The smallest absolute Gasteiger partial charge is 0.253 e. The van der Waals surface area contributed by atoms with Gasteiger partial charge >= 0.3 is 0 Å². The molecule has 0 aliphatic carbocycles. The summed E-state index contributed by atoms with van der Waals surface area (Å²) in [4.78, 5) is 18.9. The summed E-state index contributed by atoms with van der Waals surface area (Å²) >= 11 is 0.